The van der Waals surface area contributed by atoms with Gasteiger partial charge in [0.1, 0.15) is 27.3 Å². The molecule has 5 rings (SSSR count). The molecule has 1 unspecified atom stereocenters. The summed E-state index contributed by atoms with van der Waals surface area (Å²) in [5, 5.41) is 2.21. The van der Waals surface area contributed by atoms with E-state index in [1.54, 1.807) is 40.8 Å². The zero-order chi connectivity index (χ0) is 24.4. The minimum absolute atomic E-state index is 0.152. The number of benzene rings is 1. The molecule has 35 heavy (non-hydrogen) atoms. The highest BCUT2D eigenvalue weighted by Crippen LogP contribution is 2.36. The second-order valence-electron chi connectivity index (χ2n) is 8.10. The van der Waals surface area contributed by atoms with Crippen molar-refractivity contribution in [2.45, 2.75) is 43.0 Å². The van der Waals surface area contributed by atoms with Gasteiger partial charge in [-0.2, -0.15) is 4.31 Å². The number of thiophene rings is 1. The molecule has 0 aliphatic carbocycles. The molecule has 1 saturated heterocycles. The maximum absolute atomic E-state index is 14.1. The molecule has 1 aromatic carbocycles. The molecule has 0 N–H and O–H groups in total. The van der Waals surface area contributed by atoms with Crippen LogP contribution in [0.4, 0.5) is 5.13 Å². The Hall–Kier alpha value is -2.73. The molecule has 1 atom stereocenters. The molecule has 0 radical (unpaired) electrons. The van der Waals surface area contributed by atoms with E-state index >= 15 is 0 Å². The molecule has 0 spiro atoms. The summed E-state index contributed by atoms with van der Waals surface area (Å²) >= 11 is 2.53. The van der Waals surface area contributed by atoms with Crippen LogP contribution in [0, 0.1) is 0 Å². The standard InChI is InChI=1S/C24H25N3O5S3/c1-2-31-19-10-5-11-20-22(19)25-24(34-20)26(16-17-8-6-14-32-17)23(28)18-9-3-4-13-27(18)35(29,30)21-12-7-15-33-21/h5-8,10-12,14-15,18H,2-4,9,13,16H2,1H3. The van der Waals surface area contributed by atoms with Crippen molar-refractivity contribution in [1.82, 2.24) is 9.29 Å². The normalized spacial score (nSPS) is 17.0. The number of carbonyl (C=O) groups is 1. The Balaban J connectivity index is 1.54. The molecule has 4 aromatic rings. The van der Waals surface area contributed by atoms with Gasteiger partial charge in [0.25, 0.3) is 10.0 Å². The molecular weight excluding hydrogens is 506 g/mol. The zero-order valence-corrected chi connectivity index (χ0v) is 21.6. The van der Waals surface area contributed by atoms with Crippen molar-refractivity contribution in [2.75, 3.05) is 18.1 Å². The molecule has 4 heterocycles. The molecule has 8 nitrogen and oxygen atoms in total. The van der Waals surface area contributed by atoms with Gasteiger partial charge in [0.05, 0.1) is 24.1 Å². The lowest BCUT2D eigenvalue weighted by atomic mass is 10.0. The third-order valence-corrected chi connectivity index (χ3v) is 10.2. The van der Waals surface area contributed by atoms with Gasteiger partial charge >= 0.3 is 0 Å². The Kier molecular flexibility index (Phi) is 6.92. The number of fused-ring (bicyclic) bond motifs is 1. The van der Waals surface area contributed by atoms with Crippen LogP contribution < -0.4 is 9.64 Å². The summed E-state index contributed by atoms with van der Waals surface area (Å²) in [5.41, 5.74) is 0.679. The van der Waals surface area contributed by atoms with Gasteiger partial charge < -0.3 is 9.15 Å². The van der Waals surface area contributed by atoms with Gasteiger partial charge in [0, 0.05) is 6.54 Å². The number of nitrogens with zero attached hydrogens (tertiary/aromatic N) is 3. The monoisotopic (exact) mass is 531 g/mol. The summed E-state index contributed by atoms with van der Waals surface area (Å²) in [5.74, 6) is 0.932. The number of ether oxygens (including phenoxy) is 1. The number of amides is 1. The molecule has 3 aromatic heterocycles. The first-order valence-corrected chi connectivity index (χ1v) is 14.5. The fraction of sp³-hybridized carbons (Fsp3) is 0.333. The fourth-order valence-corrected chi connectivity index (χ4v) is 8.00. The minimum Gasteiger partial charge on any atom is -0.492 e. The van der Waals surface area contributed by atoms with Gasteiger partial charge in [0.2, 0.25) is 5.91 Å². The number of aromatic nitrogens is 1. The van der Waals surface area contributed by atoms with E-state index in [2.05, 4.69) is 0 Å². The van der Waals surface area contributed by atoms with E-state index in [1.165, 1.54) is 15.6 Å². The van der Waals surface area contributed by atoms with E-state index in [4.69, 9.17) is 14.1 Å². The summed E-state index contributed by atoms with van der Waals surface area (Å²) in [6, 6.07) is 11.7. The Morgan fingerprint density at radius 1 is 1.23 bits per heavy atom. The molecule has 0 saturated carbocycles. The Morgan fingerprint density at radius 2 is 2.11 bits per heavy atom. The third kappa shape index (κ3) is 4.73. The van der Waals surface area contributed by atoms with Crippen LogP contribution in [0.15, 0.2) is 62.7 Å². The summed E-state index contributed by atoms with van der Waals surface area (Å²) in [4.78, 5) is 20.4. The number of hydrogen-bond acceptors (Lipinski definition) is 8. The summed E-state index contributed by atoms with van der Waals surface area (Å²) < 4.78 is 40.6. The molecule has 0 bridgehead atoms. The molecule has 1 aliphatic rings. The number of furan rings is 1. The van der Waals surface area contributed by atoms with Gasteiger partial charge in [-0.25, -0.2) is 13.4 Å². The van der Waals surface area contributed by atoms with Crippen molar-refractivity contribution in [3.05, 3.63) is 59.9 Å². The lowest BCUT2D eigenvalue weighted by molar-refractivity contribution is -0.123. The summed E-state index contributed by atoms with van der Waals surface area (Å²) in [6.45, 7) is 2.86. The molecule has 1 amide bonds. The Bertz CT molecular complexity index is 1400. The predicted octanol–water partition coefficient (Wildman–Crippen LogP) is 5.13. The molecule has 1 aliphatic heterocycles. The second kappa shape index (κ2) is 10.1. The summed E-state index contributed by atoms with van der Waals surface area (Å²) in [6.07, 6.45) is 3.49. The number of carbonyl (C=O) groups excluding carboxylic acids is 1. The van der Waals surface area contributed by atoms with Crippen LogP contribution in [0.5, 0.6) is 5.75 Å². The highest BCUT2D eigenvalue weighted by Gasteiger charge is 2.41. The number of rotatable bonds is 8. The first kappa shape index (κ1) is 24.0. The predicted molar refractivity (Wildman–Crippen MR) is 137 cm³/mol. The molecule has 11 heteroatoms. The Labute approximate surface area is 211 Å². The van der Waals surface area contributed by atoms with E-state index in [1.807, 2.05) is 25.1 Å². The van der Waals surface area contributed by atoms with Gasteiger partial charge in [-0.1, -0.05) is 29.9 Å². The third-order valence-electron chi connectivity index (χ3n) is 5.86. The van der Waals surface area contributed by atoms with Crippen LogP contribution in [0.1, 0.15) is 31.9 Å². The second-order valence-corrected chi connectivity index (χ2v) is 12.2. The number of para-hydroxylation sites is 1. The Morgan fingerprint density at radius 3 is 2.86 bits per heavy atom. The van der Waals surface area contributed by atoms with Crippen LogP contribution in [0.2, 0.25) is 0 Å². The zero-order valence-electron chi connectivity index (χ0n) is 19.1. The average Bonchev–Trinajstić information content (AvgIpc) is 3.64. The fourth-order valence-electron chi connectivity index (χ4n) is 4.24. The van der Waals surface area contributed by atoms with Gasteiger partial charge in [-0.05, 0) is 55.5 Å². The smallest absolute Gasteiger partial charge is 0.253 e. The molecule has 1 fully saturated rings. The average molecular weight is 532 g/mol. The van der Waals surface area contributed by atoms with Gasteiger partial charge in [0.15, 0.2) is 5.13 Å². The van der Waals surface area contributed by atoms with Crippen molar-refractivity contribution < 1.29 is 22.4 Å². The minimum atomic E-state index is -3.79. The largest absolute Gasteiger partial charge is 0.492 e. The lowest BCUT2D eigenvalue weighted by Gasteiger charge is -2.35. The van der Waals surface area contributed by atoms with E-state index in [-0.39, 0.29) is 16.7 Å². The van der Waals surface area contributed by atoms with E-state index < -0.39 is 16.1 Å². The lowest BCUT2D eigenvalue weighted by Crippen LogP contribution is -2.52. The first-order chi connectivity index (χ1) is 17.0. The van der Waals surface area contributed by atoms with Crippen molar-refractivity contribution >= 4 is 54.0 Å². The van der Waals surface area contributed by atoms with Gasteiger partial charge in [-0.15, -0.1) is 11.3 Å². The molecule has 184 valence electrons. The number of sulfonamides is 1. The topological polar surface area (TPSA) is 93.0 Å². The van der Waals surface area contributed by atoms with Crippen molar-refractivity contribution in [3.63, 3.8) is 0 Å². The van der Waals surface area contributed by atoms with Crippen LogP contribution in [0.25, 0.3) is 10.2 Å². The highest BCUT2D eigenvalue weighted by atomic mass is 32.2. The van der Waals surface area contributed by atoms with E-state index in [0.29, 0.717) is 48.2 Å². The summed E-state index contributed by atoms with van der Waals surface area (Å²) in [7, 11) is -3.79. The highest BCUT2D eigenvalue weighted by molar-refractivity contribution is 7.91. The first-order valence-electron chi connectivity index (χ1n) is 11.4. The number of piperidine rings is 1. The van der Waals surface area contributed by atoms with Crippen LogP contribution >= 0.6 is 22.7 Å². The molecular formula is C24H25N3O5S3. The van der Waals surface area contributed by atoms with Crippen LogP contribution in [-0.2, 0) is 21.4 Å². The van der Waals surface area contributed by atoms with E-state index in [9.17, 15) is 13.2 Å². The van der Waals surface area contributed by atoms with Crippen molar-refractivity contribution in [2.24, 2.45) is 0 Å². The van der Waals surface area contributed by atoms with Gasteiger partial charge in [-0.3, -0.25) is 9.69 Å². The van der Waals surface area contributed by atoms with Crippen LogP contribution in [-0.4, -0.2) is 42.8 Å². The quantitative estimate of drug-likeness (QED) is 0.313. The maximum Gasteiger partial charge on any atom is 0.253 e. The van der Waals surface area contributed by atoms with Crippen molar-refractivity contribution in [1.29, 1.82) is 0 Å². The van der Waals surface area contributed by atoms with E-state index in [0.717, 1.165) is 22.5 Å². The van der Waals surface area contributed by atoms with Crippen molar-refractivity contribution in [3.8, 4) is 5.75 Å². The maximum atomic E-state index is 14.1. The van der Waals surface area contributed by atoms with Crippen LogP contribution in [0.3, 0.4) is 0 Å². The number of hydrogen-bond donors (Lipinski definition) is 0. The SMILES string of the molecule is CCOc1cccc2sc(N(Cc3ccco3)C(=O)C3CCCCN3S(=O)(=O)c3cccs3)nc12. The number of anilines is 1. The number of thiazole rings is 1.